The highest BCUT2D eigenvalue weighted by Crippen LogP contribution is 2.52. The lowest BCUT2D eigenvalue weighted by atomic mass is 9.68. The van der Waals surface area contributed by atoms with Crippen LogP contribution in [0, 0.1) is 5.92 Å². The maximum absolute atomic E-state index is 11.9. The molecular formula is C15H15BrN2O3. The number of hydrogen-bond acceptors (Lipinski definition) is 5. The van der Waals surface area contributed by atoms with Crippen molar-refractivity contribution < 1.29 is 14.3 Å². The van der Waals surface area contributed by atoms with Gasteiger partial charge in [-0.2, -0.15) is 0 Å². The van der Waals surface area contributed by atoms with Gasteiger partial charge in [0.2, 0.25) is 0 Å². The fourth-order valence-electron chi connectivity index (χ4n) is 3.68. The van der Waals surface area contributed by atoms with Crippen molar-refractivity contribution in [2.75, 3.05) is 6.61 Å². The summed E-state index contributed by atoms with van der Waals surface area (Å²) in [4.78, 5) is 16.5. The molecule has 21 heavy (non-hydrogen) atoms. The van der Waals surface area contributed by atoms with Gasteiger partial charge >= 0.3 is 0 Å². The van der Waals surface area contributed by atoms with E-state index in [9.17, 15) is 4.79 Å². The van der Waals surface area contributed by atoms with Gasteiger partial charge in [0.1, 0.15) is 29.8 Å². The van der Waals surface area contributed by atoms with Gasteiger partial charge in [-0.3, -0.25) is 4.79 Å². The fraction of sp³-hybridized carbons (Fsp3) is 0.467. The lowest BCUT2D eigenvalue weighted by molar-refractivity contribution is -0.126. The molecule has 0 radical (unpaired) electrons. The monoisotopic (exact) mass is 350 g/mol. The van der Waals surface area contributed by atoms with Gasteiger partial charge in [-0.25, -0.2) is 4.99 Å². The van der Waals surface area contributed by atoms with Gasteiger partial charge in [-0.1, -0.05) is 15.9 Å². The second kappa shape index (κ2) is 4.47. The van der Waals surface area contributed by atoms with Gasteiger partial charge in [-0.05, 0) is 24.6 Å². The Kier molecular flexibility index (Phi) is 2.79. The van der Waals surface area contributed by atoms with E-state index in [1.54, 1.807) is 0 Å². The number of Topliss-reactive ketones (excluding diaryl/α,β-unsaturated/α-hetero) is 1. The number of hydrogen-bond donors (Lipinski definition) is 1. The third-order valence-corrected chi connectivity index (χ3v) is 5.15. The van der Waals surface area contributed by atoms with Crippen LogP contribution in [0.4, 0.5) is 0 Å². The SMILES string of the molecule is NC1=NC2(CO1)c1cc(Br)ccc1OC1CCC(=O)CC12. The van der Waals surface area contributed by atoms with E-state index in [4.69, 9.17) is 15.2 Å². The summed E-state index contributed by atoms with van der Waals surface area (Å²) in [6.45, 7) is 0.375. The number of nitrogens with two attached hydrogens (primary N) is 1. The molecule has 1 saturated carbocycles. The third kappa shape index (κ3) is 1.88. The molecule has 4 rings (SSSR count). The van der Waals surface area contributed by atoms with Crippen LogP contribution in [-0.4, -0.2) is 24.5 Å². The Morgan fingerprint density at radius 2 is 2.29 bits per heavy atom. The van der Waals surface area contributed by atoms with Crippen LogP contribution in [0.15, 0.2) is 27.7 Å². The standard InChI is InChI=1S/C15H15BrN2O3/c16-8-1-3-12-10(5-8)15(7-20-14(17)18-15)11-6-9(19)2-4-13(11)21-12/h1,3,5,11,13H,2,4,6-7H2,(H2,17,18). The predicted molar refractivity (Wildman–Crippen MR) is 80.2 cm³/mol. The molecule has 3 aliphatic rings. The number of nitrogens with zero attached hydrogens (tertiary/aromatic N) is 1. The van der Waals surface area contributed by atoms with Gasteiger partial charge in [0.15, 0.2) is 0 Å². The second-order valence-electron chi connectivity index (χ2n) is 5.85. The average molecular weight is 351 g/mol. The number of carbonyl (C=O) groups is 1. The van der Waals surface area contributed by atoms with Crippen molar-refractivity contribution in [3.05, 3.63) is 28.2 Å². The van der Waals surface area contributed by atoms with Crippen molar-refractivity contribution in [3.63, 3.8) is 0 Å². The molecule has 0 amide bonds. The number of amidine groups is 1. The summed E-state index contributed by atoms with van der Waals surface area (Å²) < 4.78 is 12.5. The summed E-state index contributed by atoms with van der Waals surface area (Å²) in [7, 11) is 0. The Morgan fingerprint density at radius 3 is 3.05 bits per heavy atom. The molecule has 0 saturated heterocycles. The number of ether oxygens (including phenoxy) is 2. The van der Waals surface area contributed by atoms with Gasteiger partial charge < -0.3 is 15.2 Å². The molecule has 5 nitrogen and oxygen atoms in total. The number of halogens is 1. The Hall–Kier alpha value is -1.56. The molecule has 6 heteroatoms. The van der Waals surface area contributed by atoms with Crippen molar-refractivity contribution in [1.29, 1.82) is 0 Å². The molecule has 0 aromatic heterocycles. The minimum atomic E-state index is -0.595. The van der Waals surface area contributed by atoms with Crippen LogP contribution in [0.3, 0.4) is 0 Å². The molecule has 3 unspecified atom stereocenters. The van der Waals surface area contributed by atoms with E-state index in [1.165, 1.54) is 0 Å². The molecule has 110 valence electrons. The lowest BCUT2D eigenvalue weighted by Crippen LogP contribution is -2.51. The quantitative estimate of drug-likeness (QED) is 0.777. The molecule has 2 N–H and O–H groups in total. The zero-order valence-electron chi connectivity index (χ0n) is 11.3. The Morgan fingerprint density at radius 1 is 1.43 bits per heavy atom. The number of benzene rings is 1. The Labute approximate surface area is 130 Å². The van der Waals surface area contributed by atoms with Crippen LogP contribution < -0.4 is 10.5 Å². The zero-order chi connectivity index (χ0) is 14.6. The number of aliphatic imine (C=N–C) groups is 1. The minimum absolute atomic E-state index is 0.00498. The minimum Gasteiger partial charge on any atom is -0.490 e. The van der Waals surface area contributed by atoms with Crippen LogP contribution in [0.25, 0.3) is 0 Å². The highest BCUT2D eigenvalue weighted by Gasteiger charge is 2.55. The fourth-order valence-corrected chi connectivity index (χ4v) is 4.04. The molecular weight excluding hydrogens is 336 g/mol. The van der Waals surface area contributed by atoms with E-state index >= 15 is 0 Å². The zero-order valence-corrected chi connectivity index (χ0v) is 12.9. The first-order valence-corrected chi connectivity index (χ1v) is 7.84. The summed E-state index contributed by atoms with van der Waals surface area (Å²) in [6, 6.07) is 6.08. The van der Waals surface area contributed by atoms with Crippen LogP contribution in [0.1, 0.15) is 24.8 Å². The maximum Gasteiger partial charge on any atom is 0.283 e. The van der Waals surface area contributed by atoms with E-state index in [0.717, 1.165) is 22.2 Å². The van der Waals surface area contributed by atoms with Gasteiger partial charge in [-0.15, -0.1) is 0 Å². The highest BCUT2D eigenvalue weighted by atomic mass is 79.9. The second-order valence-corrected chi connectivity index (χ2v) is 6.76. The molecule has 1 aromatic carbocycles. The predicted octanol–water partition coefficient (Wildman–Crippen LogP) is 2.12. The van der Waals surface area contributed by atoms with Crippen LogP contribution in [0.2, 0.25) is 0 Å². The van der Waals surface area contributed by atoms with Crippen LogP contribution in [0.5, 0.6) is 5.75 Å². The summed E-state index contributed by atoms with van der Waals surface area (Å²) in [5, 5.41) is 0. The van der Waals surface area contributed by atoms with Crippen molar-refractivity contribution in [2.24, 2.45) is 16.6 Å². The molecule has 2 aliphatic heterocycles. The summed E-state index contributed by atoms with van der Waals surface area (Å²) in [5.41, 5.74) is 6.14. The van der Waals surface area contributed by atoms with Crippen LogP contribution in [-0.2, 0) is 15.1 Å². The first kappa shape index (κ1) is 13.1. The molecule has 0 bridgehead atoms. The van der Waals surface area contributed by atoms with E-state index < -0.39 is 5.54 Å². The van der Waals surface area contributed by atoms with Gasteiger partial charge in [0, 0.05) is 28.8 Å². The normalized spacial score (nSPS) is 33.8. The number of fused-ring (bicyclic) bond motifs is 4. The van der Waals surface area contributed by atoms with Crippen molar-refractivity contribution in [2.45, 2.75) is 30.9 Å². The molecule has 2 heterocycles. The lowest BCUT2D eigenvalue weighted by Gasteiger charge is -2.45. The van der Waals surface area contributed by atoms with E-state index in [2.05, 4.69) is 20.9 Å². The Balaban J connectivity index is 1.91. The van der Waals surface area contributed by atoms with E-state index in [-0.39, 0.29) is 23.8 Å². The highest BCUT2D eigenvalue weighted by molar-refractivity contribution is 9.10. The van der Waals surface area contributed by atoms with Crippen molar-refractivity contribution in [1.82, 2.24) is 0 Å². The van der Waals surface area contributed by atoms with Crippen molar-refractivity contribution >= 4 is 27.7 Å². The first-order valence-electron chi connectivity index (χ1n) is 7.05. The number of carbonyl (C=O) groups excluding carboxylic acids is 1. The van der Waals surface area contributed by atoms with E-state index in [1.807, 2.05) is 18.2 Å². The van der Waals surface area contributed by atoms with Crippen LogP contribution >= 0.6 is 15.9 Å². The van der Waals surface area contributed by atoms with E-state index in [0.29, 0.717) is 19.4 Å². The topological polar surface area (TPSA) is 73.9 Å². The summed E-state index contributed by atoms with van der Waals surface area (Å²) >= 11 is 3.49. The Bertz CT molecular complexity index is 660. The van der Waals surface area contributed by atoms with Gasteiger partial charge in [0.25, 0.3) is 6.02 Å². The number of ketones is 1. The molecule has 1 fully saturated rings. The van der Waals surface area contributed by atoms with Crippen molar-refractivity contribution in [3.8, 4) is 5.75 Å². The summed E-state index contributed by atoms with van der Waals surface area (Å²) in [5.74, 6) is 1.07. The maximum atomic E-state index is 11.9. The number of rotatable bonds is 0. The molecule has 1 aliphatic carbocycles. The smallest absolute Gasteiger partial charge is 0.283 e. The third-order valence-electron chi connectivity index (χ3n) is 4.65. The first-order chi connectivity index (χ1) is 10.1. The average Bonchev–Trinajstić information content (AvgIpc) is 2.84. The largest absolute Gasteiger partial charge is 0.490 e. The molecule has 1 aromatic rings. The summed E-state index contributed by atoms with van der Waals surface area (Å²) in [6.07, 6.45) is 1.77. The molecule has 3 atom stereocenters. The molecule has 1 spiro atoms. The van der Waals surface area contributed by atoms with Gasteiger partial charge in [0.05, 0.1) is 0 Å².